The highest BCUT2D eigenvalue weighted by Gasteiger charge is 2.37. The number of hydrogen-bond acceptors (Lipinski definition) is 5. The number of ether oxygens (including phenoxy) is 1. The number of nitrogens with zero attached hydrogens (tertiary/aromatic N) is 2. The van der Waals surface area contributed by atoms with Gasteiger partial charge in [0.2, 0.25) is 6.35 Å². The Morgan fingerprint density at radius 3 is 2.58 bits per heavy atom. The largest absolute Gasteiger partial charge is 0.347 e. The molecule has 1 aromatic rings. The number of halogens is 1. The molecule has 2 N–H and O–H groups in total. The summed E-state index contributed by atoms with van der Waals surface area (Å²) in [6, 6.07) is 7.68. The van der Waals surface area contributed by atoms with Crippen molar-refractivity contribution in [3.8, 4) is 0 Å². The van der Waals surface area contributed by atoms with Gasteiger partial charge in [-0.05, 0) is 36.7 Å². The smallest absolute Gasteiger partial charge is 0.273 e. The molecule has 1 heterocycles. The van der Waals surface area contributed by atoms with Crippen LogP contribution >= 0.6 is 11.6 Å². The van der Waals surface area contributed by atoms with Crippen molar-refractivity contribution in [3.05, 3.63) is 59.1 Å². The molecule has 2 rings (SSSR count). The molecule has 0 bridgehead atoms. The van der Waals surface area contributed by atoms with Crippen molar-refractivity contribution >= 4 is 17.5 Å². The van der Waals surface area contributed by atoms with Crippen molar-refractivity contribution in [1.29, 1.82) is 0 Å². The molecule has 1 aliphatic rings. The van der Waals surface area contributed by atoms with E-state index in [1.54, 1.807) is 11.1 Å². The van der Waals surface area contributed by atoms with Crippen molar-refractivity contribution in [3.63, 3.8) is 0 Å². The molecule has 1 aromatic carbocycles. The van der Waals surface area contributed by atoms with E-state index in [-0.39, 0.29) is 5.91 Å². The zero-order valence-corrected chi connectivity index (χ0v) is 19.9. The number of unbranched alkanes of at least 4 members (excludes halogenated alkanes) is 4. The molecule has 0 aliphatic carbocycles. The summed E-state index contributed by atoms with van der Waals surface area (Å²) in [6.45, 7) is 9.94. The number of hydrogen-bond donors (Lipinski definition) is 2. The molecule has 0 aromatic heterocycles. The molecule has 0 saturated heterocycles. The van der Waals surface area contributed by atoms with Gasteiger partial charge in [-0.15, -0.1) is 0 Å². The van der Waals surface area contributed by atoms with Crippen LogP contribution in [0, 0.1) is 0 Å². The molecule has 0 radical (unpaired) electrons. The summed E-state index contributed by atoms with van der Waals surface area (Å²) in [4.78, 5) is 17.1. The van der Waals surface area contributed by atoms with Gasteiger partial charge in [-0.2, -0.15) is 0 Å². The lowest BCUT2D eigenvalue weighted by atomic mass is 10.2. The van der Waals surface area contributed by atoms with Crippen LogP contribution in [0.1, 0.15) is 57.9 Å². The van der Waals surface area contributed by atoms with Crippen molar-refractivity contribution in [1.82, 2.24) is 20.4 Å². The Labute approximate surface area is 192 Å². The molecule has 0 saturated carbocycles. The molecule has 172 valence electrons. The Morgan fingerprint density at radius 1 is 1.23 bits per heavy atom. The number of benzene rings is 1. The summed E-state index contributed by atoms with van der Waals surface area (Å²) >= 11 is 6.06. The maximum atomic E-state index is 13.4. The fourth-order valence-electron chi connectivity index (χ4n) is 3.45. The van der Waals surface area contributed by atoms with Crippen LogP contribution in [0.4, 0.5) is 0 Å². The number of amides is 1. The van der Waals surface area contributed by atoms with Crippen LogP contribution in [0.2, 0.25) is 5.02 Å². The van der Waals surface area contributed by atoms with E-state index in [0.29, 0.717) is 36.2 Å². The van der Waals surface area contributed by atoms with Gasteiger partial charge in [0.15, 0.2) is 0 Å². The Morgan fingerprint density at radius 2 is 1.94 bits per heavy atom. The Bertz CT molecular complexity index is 736. The summed E-state index contributed by atoms with van der Waals surface area (Å²) in [5.41, 5.74) is 1.61. The number of rotatable bonds is 14. The van der Waals surface area contributed by atoms with Crippen LogP contribution in [0.15, 0.2) is 48.6 Å². The van der Waals surface area contributed by atoms with Crippen LogP contribution in [0.25, 0.3) is 0 Å². The first-order valence-corrected chi connectivity index (χ1v) is 11.7. The lowest BCUT2D eigenvalue weighted by molar-refractivity contribution is -0.130. The second-order valence-electron chi connectivity index (χ2n) is 7.83. The zero-order chi connectivity index (χ0) is 22.6. The van der Waals surface area contributed by atoms with Gasteiger partial charge in [-0.1, -0.05) is 69.8 Å². The molecule has 1 aliphatic heterocycles. The third-order valence-electron chi connectivity index (χ3n) is 5.26. The van der Waals surface area contributed by atoms with E-state index >= 15 is 0 Å². The van der Waals surface area contributed by atoms with Crippen LogP contribution in [-0.4, -0.2) is 42.3 Å². The molecular formula is C24H37ClN4O2. The molecule has 1 atom stereocenters. The van der Waals surface area contributed by atoms with E-state index in [9.17, 15) is 4.79 Å². The van der Waals surface area contributed by atoms with Crippen molar-refractivity contribution in [2.45, 2.75) is 65.3 Å². The summed E-state index contributed by atoms with van der Waals surface area (Å²) in [5, 5.41) is 7.12. The van der Waals surface area contributed by atoms with Crippen LogP contribution in [0.3, 0.4) is 0 Å². The summed E-state index contributed by atoms with van der Waals surface area (Å²) in [7, 11) is 1.84. The van der Waals surface area contributed by atoms with Gasteiger partial charge in [0.1, 0.15) is 11.5 Å². The monoisotopic (exact) mass is 448 g/mol. The normalized spacial score (nSPS) is 15.7. The predicted molar refractivity (Wildman–Crippen MR) is 127 cm³/mol. The first-order chi connectivity index (χ1) is 15.0. The number of carbonyl (C=O) groups excluding carboxylic acids is 1. The minimum atomic E-state index is -0.432. The van der Waals surface area contributed by atoms with Gasteiger partial charge in [-0.25, -0.2) is 0 Å². The predicted octanol–water partition coefficient (Wildman–Crippen LogP) is 4.79. The fourth-order valence-corrected chi connectivity index (χ4v) is 3.58. The van der Waals surface area contributed by atoms with Gasteiger partial charge in [0.05, 0.1) is 6.61 Å². The van der Waals surface area contributed by atoms with E-state index in [2.05, 4.69) is 31.1 Å². The average Bonchev–Trinajstić information content (AvgIpc) is 3.09. The minimum absolute atomic E-state index is 0.0450. The van der Waals surface area contributed by atoms with Crippen LogP contribution in [-0.2, 0) is 16.1 Å². The maximum absolute atomic E-state index is 13.4. The van der Waals surface area contributed by atoms with E-state index in [4.69, 9.17) is 16.3 Å². The molecular weight excluding hydrogens is 412 g/mol. The second-order valence-corrected chi connectivity index (χ2v) is 8.27. The molecule has 0 fully saturated rings. The number of likely N-dealkylation sites (N-methyl/N-ethyl adjacent to an activating group) is 1. The second kappa shape index (κ2) is 13.3. The van der Waals surface area contributed by atoms with Gasteiger partial charge in [0, 0.05) is 25.2 Å². The first kappa shape index (κ1) is 25.1. The zero-order valence-electron chi connectivity index (χ0n) is 19.1. The maximum Gasteiger partial charge on any atom is 0.273 e. The van der Waals surface area contributed by atoms with Gasteiger partial charge >= 0.3 is 0 Å². The van der Waals surface area contributed by atoms with Gasteiger partial charge in [0.25, 0.3) is 5.91 Å². The van der Waals surface area contributed by atoms with Crippen molar-refractivity contribution < 1.29 is 9.53 Å². The first-order valence-electron chi connectivity index (χ1n) is 11.3. The molecule has 1 amide bonds. The summed E-state index contributed by atoms with van der Waals surface area (Å²) < 4.78 is 6.18. The van der Waals surface area contributed by atoms with E-state index < -0.39 is 6.35 Å². The standard InChI is InChI=1S/C24H37ClN4O2/c1-5-8-10-11-17-31-24-27-22(26-7-3)21(23(30)28(4)16-9-6-2)29(24)18-19-12-14-20(25)15-13-19/h7,12-15,24,26-27H,3,5-6,8-11,16-18H2,1-2,4H3. The molecule has 7 heteroatoms. The Hall–Kier alpha value is -2.18. The SMILES string of the molecule is C=CNC1=C(C(=O)N(C)CCCC)N(Cc2ccc(Cl)cc2)C(OCCCCCC)N1. The summed E-state index contributed by atoms with van der Waals surface area (Å²) in [6.07, 6.45) is 7.64. The number of nitrogens with one attached hydrogen (secondary N) is 2. The van der Waals surface area contributed by atoms with E-state index in [1.807, 2.05) is 36.2 Å². The van der Waals surface area contributed by atoms with Crippen LogP contribution in [0.5, 0.6) is 0 Å². The quantitative estimate of drug-likeness (QED) is 0.401. The lowest BCUT2D eigenvalue weighted by Crippen LogP contribution is -2.43. The molecule has 31 heavy (non-hydrogen) atoms. The molecule has 6 nitrogen and oxygen atoms in total. The fraction of sp³-hybridized carbons (Fsp3) is 0.542. The average molecular weight is 449 g/mol. The Balaban J connectivity index is 2.25. The lowest BCUT2D eigenvalue weighted by Gasteiger charge is -2.30. The molecule has 0 spiro atoms. The molecule has 1 unspecified atom stereocenters. The van der Waals surface area contributed by atoms with E-state index in [0.717, 1.165) is 31.2 Å². The van der Waals surface area contributed by atoms with Gasteiger partial charge in [-0.3, -0.25) is 4.79 Å². The summed E-state index contributed by atoms with van der Waals surface area (Å²) in [5.74, 6) is 0.576. The third kappa shape index (κ3) is 7.47. The Kier molecular flexibility index (Phi) is 10.7. The topological polar surface area (TPSA) is 56.8 Å². The van der Waals surface area contributed by atoms with Crippen molar-refractivity contribution in [2.75, 3.05) is 20.2 Å². The highest BCUT2D eigenvalue weighted by molar-refractivity contribution is 6.30. The van der Waals surface area contributed by atoms with Crippen molar-refractivity contribution in [2.24, 2.45) is 0 Å². The number of carbonyl (C=O) groups is 1. The highest BCUT2D eigenvalue weighted by Crippen LogP contribution is 2.25. The highest BCUT2D eigenvalue weighted by atomic mass is 35.5. The third-order valence-corrected chi connectivity index (χ3v) is 5.51. The minimum Gasteiger partial charge on any atom is -0.347 e. The van der Waals surface area contributed by atoms with Crippen LogP contribution < -0.4 is 10.6 Å². The van der Waals surface area contributed by atoms with Gasteiger partial charge < -0.3 is 25.2 Å². The van der Waals surface area contributed by atoms with E-state index in [1.165, 1.54) is 12.8 Å².